The van der Waals surface area contributed by atoms with Crippen molar-refractivity contribution in [2.24, 2.45) is 5.92 Å². The molecule has 0 radical (unpaired) electrons. The Kier molecular flexibility index (Phi) is 10.9. The van der Waals surface area contributed by atoms with Crippen molar-refractivity contribution in [2.75, 3.05) is 31.6 Å². The Bertz CT molecular complexity index is 833. The van der Waals surface area contributed by atoms with Crippen LogP contribution in [0.1, 0.15) is 82.5 Å². The molecule has 2 heterocycles. The fourth-order valence-corrected chi connectivity index (χ4v) is 5.06. The number of amides is 1. The zero-order valence-corrected chi connectivity index (χ0v) is 21.2. The van der Waals surface area contributed by atoms with Crippen LogP contribution in [0, 0.1) is 5.92 Å². The van der Waals surface area contributed by atoms with E-state index >= 15 is 0 Å². The first kappa shape index (κ1) is 25.5. The van der Waals surface area contributed by atoms with E-state index in [1.807, 2.05) is 18.2 Å². The molecule has 1 fully saturated rings. The number of unbranched alkanes of at least 4 members (excludes halogenated alkanes) is 6. The number of carbonyl (C=O) groups is 1. The number of hydrogen-bond acceptors (Lipinski definition) is 6. The molecule has 1 saturated heterocycles. The van der Waals surface area contributed by atoms with Crippen molar-refractivity contribution in [1.82, 2.24) is 14.7 Å². The number of carbonyl (C=O) groups excluding carboxylic acids is 1. The average Bonchev–Trinajstić information content (AvgIpc) is 3.31. The first-order valence-electron chi connectivity index (χ1n) is 12.6. The summed E-state index contributed by atoms with van der Waals surface area (Å²) in [6.45, 7) is 5.00. The highest BCUT2D eigenvalue weighted by molar-refractivity contribution is 7.09. The van der Waals surface area contributed by atoms with E-state index in [0.29, 0.717) is 12.3 Å². The molecule has 1 aromatic heterocycles. The van der Waals surface area contributed by atoms with Crippen LogP contribution in [0.3, 0.4) is 0 Å². The Hall–Kier alpha value is -2.15. The molecule has 3 rings (SSSR count). The molecule has 0 bridgehead atoms. The number of hydrogen-bond donors (Lipinski definition) is 1. The molecule has 1 aromatic carbocycles. The summed E-state index contributed by atoms with van der Waals surface area (Å²) in [5.74, 6) is 2.50. The van der Waals surface area contributed by atoms with Crippen molar-refractivity contribution in [3.05, 3.63) is 35.7 Å². The van der Waals surface area contributed by atoms with E-state index in [1.165, 1.54) is 50.1 Å². The van der Waals surface area contributed by atoms with Gasteiger partial charge in [0.25, 0.3) is 0 Å². The lowest BCUT2D eigenvalue weighted by molar-refractivity contribution is -0.121. The molecule has 0 aliphatic carbocycles. The fourth-order valence-electron chi connectivity index (χ4n) is 4.33. The predicted molar refractivity (Wildman–Crippen MR) is 136 cm³/mol. The summed E-state index contributed by atoms with van der Waals surface area (Å²) < 4.78 is 9.87. The lowest BCUT2D eigenvalue weighted by Crippen LogP contribution is -2.38. The molecule has 0 atom stereocenters. The summed E-state index contributed by atoms with van der Waals surface area (Å²) in [6, 6.07) is 8.07. The molecule has 1 amide bonds. The first-order valence-corrected chi connectivity index (χ1v) is 13.4. The third kappa shape index (κ3) is 8.95. The number of rotatable bonds is 14. The number of aromatic nitrogens is 2. The standard InChI is InChI=1S/C26H40N4O2S/c1-3-4-5-6-7-8-9-13-25(31)27-20-21-14-16-30(17-15-21)26-28-24(29-33-26)19-22-11-10-12-23(18-22)32-2/h10-12,18,21H,3-9,13-17,19-20H2,1-2H3,(H,27,31). The van der Waals surface area contributed by atoms with Crippen LogP contribution in [0.25, 0.3) is 0 Å². The molecule has 0 saturated carbocycles. The number of ether oxygens (including phenoxy) is 1. The van der Waals surface area contributed by atoms with Crippen molar-refractivity contribution in [1.29, 1.82) is 0 Å². The van der Waals surface area contributed by atoms with Gasteiger partial charge in [0.05, 0.1) is 7.11 Å². The second-order valence-electron chi connectivity index (χ2n) is 9.13. The van der Waals surface area contributed by atoms with Crippen molar-refractivity contribution in [2.45, 2.75) is 77.6 Å². The third-order valence-corrected chi connectivity index (χ3v) is 7.25. The summed E-state index contributed by atoms with van der Waals surface area (Å²) in [6.07, 6.45) is 12.3. The summed E-state index contributed by atoms with van der Waals surface area (Å²) in [5.41, 5.74) is 1.16. The number of methoxy groups -OCH3 is 1. The lowest BCUT2D eigenvalue weighted by Gasteiger charge is -2.31. The smallest absolute Gasteiger partial charge is 0.220 e. The highest BCUT2D eigenvalue weighted by atomic mass is 32.1. The Balaban J connectivity index is 1.31. The number of benzene rings is 1. The minimum atomic E-state index is 0.220. The van der Waals surface area contributed by atoms with Crippen LogP contribution in [0.15, 0.2) is 24.3 Å². The van der Waals surface area contributed by atoms with Gasteiger partial charge in [-0.2, -0.15) is 4.37 Å². The maximum absolute atomic E-state index is 12.2. The summed E-state index contributed by atoms with van der Waals surface area (Å²) in [5, 5.41) is 4.17. The van der Waals surface area contributed by atoms with Crippen LogP contribution in [0.5, 0.6) is 5.75 Å². The maximum atomic E-state index is 12.2. The minimum Gasteiger partial charge on any atom is -0.497 e. The Labute approximate surface area is 203 Å². The van der Waals surface area contributed by atoms with Gasteiger partial charge in [-0.1, -0.05) is 57.6 Å². The van der Waals surface area contributed by atoms with Crippen LogP contribution in [0.4, 0.5) is 5.13 Å². The summed E-state index contributed by atoms with van der Waals surface area (Å²) in [4.78, 5) is 19.3. The van der Waals surface area contributed by atoms with E-state index < -0.39 is 0 Å². The maximum Gasteiger partial charge on any atom is 0.220 e. The number of nitrogens with one attached hydrogen (secondary N) is 1. The van der Waals surface area contributed by atoms with Gasteiger partial charge in [-0.3, -0.25) is 4.79 Å². The van der Waals surface area contributed by atoms with Gasteiger partial charge in [0.15, 0.2) is 0 Å². The van der Waals surface area contributed by atoms with E-state index in [9.17, 15) is 4.79 Å². The van der Waals surface area contributed by atoms with Gasteiger partial charge in [0.2, 0.25) is 11.0 Å². The number of anilines is 1. The zero-order valence-electron chi connectivity index (χ0n) is 20.4. The van der Waals surface area contributed by atoms with Gasteiger partial charge in [-0.25, -0.2) is 4.98 Å². The quantitative estimate of drug-likeness (QED) is 0.362. The zero-order chi connectivity index (χ0) is 23.3. The van der Waals surface area contributed by atoms with Gasteiger partial charge in [0, 0.05) is 44.0 Å². The number of piperidine rings is 1. The van der Waals surface area contributed by atoms with Crippen molar-refractivity contribution in [3.8, 4) is 5.75 Å². The van der Waals surface area contributed by atoms with Crippen LogP contribution in [-0.4, -0.2) is 42.0 Å². The van der Waals surface area contributed by atoms with Crippen molar-refractivity contribution < 1.29 is 9.53 Å². The summed E-state index contributed by atoms with van der Waals surface area (Å²) in [7, 11) is 1.68. The fraction of sp³-hybridized carbons (Fsp3) is 0.654. The molecule has 1 aliphatic rings. The average molecular weight is 473 g/mol. The van der Waals surface area contributed by atoms with Crippen LogP contribution in [-0.2, 0) is 11.2 Å². The van der Waals surface area contributed by atoms with Gasteiger partial charge >= 0.3 is 0 Å². The topological polar surface area (TPSA) is 67.4 Å². The van der Waals surface area contributed by atoms with E-state index in [1.54, 1.807) is 7.11 Å². The molecule has 6 nitrogen and oxygen atoms in total. The molecule has 2 aromatic rings. The number of nitrogens with zero attached hydrogens (tertiary/aromatic N) is 3. The molecule has 0 unspecified atom stereocenters. The van der Waals surface area contributed by atoms with E-state index in [0.717, 1.165) is 67.6 Å². The van der Waals surface area contributed by atoms with Gasteiger partial charge in [-0.05, 0) is 42.9 Å². The molecular weight excluding hydrogens is 432 g/mol. The molecule has 33 heavy (non-hydrogen) atoms. The Morgan fingerprint density at radius 1 is 1.15 bits per heavy atom. The highest BCUT2D eigenvalue weighted by Crippen LogP contribution is 2.25. The second-order valence-corrected chi connectivity index (χ2v) is 9.86. The van der Waals surface area contributed by atoms with Crippen LogP contribution >= 0.6 is 11.5 Å². The minimum absolute atomic E-state index is 0.220. The summed E-state index contributed by atoms with van der Waals surface area (Å²) >= 11 is 1.49. The van der Waals surface area contributed by atoms with E-state index in [2.05, 4.69) is 27.6 Å². The molecule has 0 spiro atoms. The van der Waals surface area contributed by atoms with E-state index in [4.69, 9.17) is 9.72 Å². The normalized spacial score (nSPS) is 14.4. The van der Waals surface area contributed by atoms with Gasteiger partial charge in [0.1, 0.15) is 11.6 Å². The first-order chi connectivity index (χ1) is 16.2. The Morgan fingerprint density at radius 3 is 2.67 bits per heavy atom. The molecule has 7 heteroatoms. The van der Waals surface area contributed by atoms with Crippen LogP contribution in [0.2, 0.25) is 0 Å². The largest absolute Gasteiger partial charge is 0.497 e. The molecule has 1 N–H and O–H groups in total. The van der Waals surface area contributed by atoms with Gasteiger partial charge < -0.3 is 15.0 Å². The second kappa shape index (κ2) is 14.2. The van der Waals surface area contributed by atoms with Crippen LogP contribution < -0.4 is 15.0 Å². The third-order valence-electron chi connectivity index (χ3n) is 6.43. The van der Waals surface area contributed by atoms with Gasteiger partial charge in [-0.15, -0.1) is 0 Å². The highest BCUT2D eigenvalue weighted by Gasteiger charge is 2.22. The monoisotopic (exact) mass is 472 g/mol. The molecule has 1 aliphatic heterocycles. The van der Waals surface area contributed by atoms with E-state index in [-0.39, 0.29) is 5.91 Å². The molecule has 182 valence electrons. The van der Waals surface area contributed by atoms with Crippen molar-refractivity contribution >= 4 is 22.6 Å². The lowest BCUT2D eigenvalue weighted by atomic mass is 9.97. The Morgan fingerprint density at radius 2 is 1.91 bits per heavy atom. The molecular formula is C26H40N4O2S. The predicted octanol–water partition coefficient (Wildman–Crippen LogP) is 5.61. The SMILES string of the molecule is CCCCCCCCCC(=O)NCC1CCN(c2nc(Cc3cccc(OC)c3)ns2)CC1. The van der Waals surface area contributed by atoms with Crippen molar-refractivity contribution in [3.63, 3.8) is 0 Å².